The van der Waals surface area contributed by atoms with Gasteiger partial charge in [0, 0.05) is 63.8 Å². The summed E-state index contributed by atoms with van der Waals surface area (Å²) in [6.45, 7) is 6.95. The molecule has 9 nitrogen and oxygen atoms in total. The zero-order chi connectivity index (χ0) is 23.9. The van der Waals surface area contributed by atoms with Crippen molar-refractivity contribution in [2.24, 2.45) is 0 Å². The maximum atomic E-state index is 12.4. The second kappa shape index (κ2) is 11.1. The minimum Gasteiger partial charge on any atom is -0.455 e. The van der Waals surface area contributed by atoms with E-state index in [-0.39, 0.29) is 17.6 Å². The van der Waals surface area contributed by atoms with Crippen molar-refractivity contribution in [1.29, 1.82) is 0 Å². The van der Waals surface area contributed by atoms with Crippen molar-refractivity contribution in [1.82, 2.24) is 25.2 Å². The van der Waals surface area contributed by atoms with Crippen LogP contribution >= 0.6 is 11.8 Å². The summed E-state index contributed by atoms with van der Waals surface area (Å²) in [5.74, 6) is 2.19. The molecule has 4 rings (SSSR count). The van der Waals surface area contributed by atoms with Gasteiger partial charge in [0.15, 0.2) is 10.9 Å². The zero-order valence-electron chi connectivity index (χ0n) is 19.4. The smallest absolute Gasteiger partial charge is 0.287 e. The van der Waals surface area contributed by atoms with Gasteiger partial charge in [-0.05, 0) is 30.2 Å². The molecule has 34 heavy (non-hydrogen) atoms. The number of hydrogen-bond acceptors (Lipinski definition) is 8. The fraction of sp³-hybridized carbons (Fsp3) is 0.375. The number of rotatable bonds is 8. The Morgan fingerprint density at radius 2 is 1.97 bits per heavy atom. The largest absolute Gasteiger partial charge is 0.455 e. The number of aryl methyl sites for hydroxylation is 1. The Morgan fingerprint density at radius 3 is 2.68 bits per heavy atom. The molecule has 178 valence electrons. The predicted molar refractivity (Wildman–Crippen MR) is 130 cm³/mol. The Balaban J connectivity index is 1.35. The van der Waals surface area contributed by atoms with E-state index in [1.807, 2.05) is 23.1 Å². The van der Waals surface area contributed by atoms with Crippen molar-refractivity contribution >= 4 is 29.4 Å². The lowest BCUT2D eigenvalue weighted by Gasteiger charge is -2.35. The van der Waals surface area contributed by atoms with Gasteiger partial charge in [0.05, 0.1) is 5.75 Å². The minimum atomic E-state index is -0.267. The number of carbonyl (C=O) groups is 2. The number of hydrogen-bond donors (Lipinski definition) is 1. The van der Waals surface area contributed by atoms with Crippen molar-refractivity contribution in [2.75, 3.05) is 31.1 Å². The molecule has 1 saturated heterocycles. The molecule has 0 saturated carbocycles. The monoisotopic (exact) mass is 480 g/mol. The first-order chi connectivity index (χ1) is 16.5. The Morgan fingerprint density at radius 1 is 1.15 bits per heavy atom. The number of nitrogens with one attached hydrogen (secondary N) is 1. The second-order valence-corrected chi connectivity index (χ2v) is 8.89. The molecule has 4 heterocycles. The summed E-state index contributed by atoms with van der Waals surface area (Å²) in [5.41, 5.74) is 1.89. The normalized spacial score (nSPS) is 13.7. The third kappa shape index (κ3) is 6.13. The second-order valence-electron chi connectivity index (χ2n) is 7.95. The molecule has 3 aromatic rings. The molecule has 0 spiro atoms. The molecule has 0 aliphatic carbocycles. The van der Waals surface area contributed by atoms with Gasteiger partial charge in [-0.25, -0.2) is 9.97 Å². The number of furan rings is 1. The third-order valence-corrected chi connectivity index (χ3v) is 6.43. The maximum Gasteiger partial charge on any atom is 0.287 e. The van der Waals surface area contributed by atoms with Gasteiger partial charge in [-0.2, -0.15) is 0 Å². The molecule has 3 aromatic heterocycles. The van der Waals surface area contributed by atoms with Crippen LogP contribution in [0, 0.1) is 0 Å². The first-order valence-electron chi connectivity index (χ1n) is 11.3. The summed E-state index contributed by atoms with van der Waals surface area (Å²) in [6.07, 6.45) is 4.21. The van der Waals surface area contributed by atoms with Gasteiger partial charge in [0.2, 0.25) is 5.91 Å². The van der Waals surface area contributed by atoms with E-state index in [9.17, 15) is 9.59 Å². The van der Waals surface area contributed by atoms with Crippen molar-refractivity contribution in [3.8, 4) is 0 Å². The summed E-state index contributed by atoms with van der Waals surface area (Å²) >= 11 is 1.47. The highest BCUT2D eigenvalue weighted by molar-refractivity contribution is 7.98. The van der Waals surface area contributed by atoms with Crippen LogP contribution in [0.15, 0.2) is 52.3 Å². The highest BCUT2D eigenvalue weighted by atomic mass is 32.2. The first kappa shape index (κ1) is 23.7. The lowest BCUT2D eigenvalue weighted by Crippen LogP contribution is -2.48. The van der Waals surface area contributed by atoms with Crippen LogP contribution in [-0.2, 0) is 23.5 Å². The highest BCUT2D eigenvalue weighted by Crippen LogP contribution is 2.25. The van der Waals surface area contributed by atoms with E-state index in [0.717, 1.165) is 36.6 Å². The van der Waals surface area contributed by atoms with E-state index >= 15 is 0 Å². The summed E-state index contributed by atoms with van der Waals surface area (Å²) in [6, 6.07) is 9.23. The number of carbonyl (C=O) groups excluding carboxylic acids is 2. The first-order valence-corrected chi connectivity index (χ1v) is 12.3. The number of aromatic nitrogens is 3. The van der Waals surface area contributed by atoms with E-state index in [4.69, 9.17) is 9.40 Å². The quantitative estimate of drug-likeness (QED) is 0.388. The molecule has 1 aliphatic rings. The van der Waals surface area contributed by atoms with Crippen LogP contribution in [0.25, 0.3) is 0 Å². The zero-order valence-corrected chi connectivity index (χ0v) is 20.2. The van der Waals surface area contributed by atoms with Crippen LogP contribution in [0.4, 0.5) is 5.82 Å². The van der Waals surface area contributed by atoms with Gasteiger partial charge in [-0.1, -0.05) is 24.8 Å². The molecular formula is C24H28N6O3S. The minimum absolute atomic E-state index is 0.108. The highest BCUT2D eigenvalue weighted by Gasteiger charge is 2.21. The Bertz CT molecular complexity index is 1130. The van der Waals surface area contributed by atoms with Gasteiger partial charge in [0.1, 0.15) is 11.6 Å². The topological polar surface area (TPSA) is 104 Å². The average molecular weight is 481 g/mol. The number of piperazine rings is 1. The van der Waals surface area contributed by atoms with Crippen LogP contribution < -0.4 is 10.2 Å². The van der Waals surface area contributed by atoms with E-state index in [1.54, 1.807) is 31.5 Å². The molecule has 0 bridgehead atoms. The van der Waals surface area contributed by atoms with Gasteiger partial charge >= 0.3 is 0 Å². The Hall–Kier alpha value is -3.40. The van der Waals surface area contributed by atoms with Gasteiger partial charge < -0.3 is 19.5 Å². The van der Waals surface area contributed by atoms with Crippen molar-refractivity contribution < 1.29 is 14.0 Å². The van der Waals surface area contributed by atoms with E-state index in [2.05, 4.69) is 27.1 Å². The summed E-state index contributed by atoms with van der Waals surface area (Å²) < 4.78 is 5.74. The SMILES string of the molecule is CCc1cc(N2CCN(C(C)=O)CC2)nc(SCc2ccc(C(=O)NCc3cccnc3)o2)n1. The molecule has 1 N–H and O–H groups in total. The molecule has 0 unspecified atom stereocenters. The summed E-state index contributed by atoms with van der Waals surface area (Å²) in [7, 11) is 0. The van der Waals surface area contributed by atoms with Crippen LogP contribution in [0.1, 0.15) is 41.4 Å². The molecule has 1 fully saturated rings. The molecule has 2 amide bonds. The lowest BCUT2D eigenvalue weighted by molar-refractivity contribution is -0.129. The Kier molecular flexibility index (Phi) is 7.79. The van der Waals surface area contributed by atoms with Crippen LogP contribution in [0.5, 0.6) is 0 Å². The Labute approximate surface area is 203 Å². The number of pyridine rings is 1. The molecule has 0 atom stereocenters. The molecule has 10 heteroatoms. The number of anilines is 1. The van der Waals surface area contributed by atoms with Crippen LogP contribution in [-0.4, -0.2) is 57.8 Å². The lowest BCUT2D eigenvalue weighted by atomic mass is 10.2. The third-order valence-electron chi connectivity index (χ3n) is 5.56. The standard InChI is InChI=1S/C24H28N6O3S/c1-3-19-13-22(30-11-9-29(10-12-30)17(2)31)28-24(27-19)34-16-20-6-7-21(33-20)23(32)26-15-18-5-4-8-25-14-18/h4-8,13-14H,3,9-12,15-16H2,1-2H3,(H,26,32). The fourth-order valence-electron chi connectivity index (χ4n) is 3.60. The van der Waals surface area contributed by atoms with Crippen LogP contribution in [0.3, 0.4) is 0 Å². The van der Waals surface area contributed by atoms with Gasteiger partial charge in [0.25, 0.3) is 5.91 Å². The molecule has 0 aromatic carbocycles. The molecule has 1 aliphatic heterocycles. The van der Waals surface area contributed by atoms with Crippen molar-refractivity contribution in [3.63, 3.8) is 0 Å². The van der Waals surface area contributed by atoms with Crippen molar-refractivity contribution in [2.45, 2.75) is 37.7 Å². The molecular weight excluding hydrogens is 452 g/mol. The van der Waals surface area contributed by atoms with E-state index in [1.165, 1.54) is 11.8 Å². The van der Waals surface area contributed by atoms with Gasteiger partial charge in [-0.15, -0.1) is 0 Å². The average Bonchev–Trinajstić information content (AvgIpc) is 3.36. The summed E-state index contributed by atoms with van der Waals surface area (Å²) in [5, 5.41) is 3.51. The van der Waals surface area contributed by atoms with E-state index in [0.29, 0.717) is 36.3 Å². The summed E-state index contributed by atoms with van der Waals surface area (Å²) in [4.78, 5) is 41.5. The molecule has 0 radical (unpaired) electrons. The number of thioether (sulfide) groups is 1. The van der Waals surface area contributed by atoms with Gasteiger partial charge in [-0.3, -0.25) is 14.6 Å². The maximum absolute atomic E-state index is 12.4. The number of nitrogens with zero attached hydrogens (tertiary/aromatic N) is 5. The fourth-order valence-corrected chi connectivity index (χ4v) is 4.37. The van der Waals surface area contributed by atoms with Crippen molar-refractivity contribution in [3.05, 3.63) is 65.5 Å². The van der Waals surface area contributed by atoms with E-state index < -0.39 is 0 Å². The predicted octanol–water partition coefficient (Wildman–Crippen LogP) is 2.92. The van der Waals surface area contributed by atoms with Crippen LogP contribution in [0.2, 0.25) is 0 Å². The number of amides is 2.